The van der Waals surface area contributed by atoms with E-state index in [0.29, 0.717) is 12.7 Å². The molecule has 124 valence electrons. The van der Waals surface area contributed by atoms with Crippen molar-refractivity contribution in [3.05, 3.63) is 0 Å². The summed E-state index contributed by atoms with van der Waals surface area (Å²) in [6.07, 6.45) is 5.67. The molecule has 0 aromatic rings. The van der Waals surface area contributed by atoms with Crippen LogP contribution in [0.25, 0.3) is 0 Å². The minimum absolute atomic E-state index is 0.145. The summed E-state index contributed by atoms with van der Waals surface area (Å²) in [7, 11) is 3.63. The first-order valence-corrected chi connectivity index (χ1v) is 8.17. The number of hydrogen-bond acceptors (Lipinski definition) is 5. The number of methoxy groups -OCH3 is 1. The van der Waals surface area contributed by atoms with Crippen LogP contribution in [0.4, 0.5) is 0 Å². The number of likely N-dealkylation sites (N-methyl/N-ethyl adjacent to an activating group) is 1. The van der Waals surface area contributed by atoms with Gasteiger partial charge >= 0.3 is 5.97 Å². The van der Waals surface area contributed by atoms with E-state index in [1.54, 1.807) is 7.11 Å². The van der Waals surface area contributed by atoms with Crippen LogP contribution in [0, 0.1) is 0 Å². The summed E-state index contributed by atoms with van der Waals surface area (Å²) in [5.74, 6) is -0.145. The van der Waals surface area contributed by atoms with Crippen LogP contribution < -0.4 is 5.32 Å². The van der Waals surface area contributed by atoms with E-state index in [1.807, 2.05) is 20.9 Å². The fraction of sp³-hybridized carbons (Fsp3) is 0.938. The van der Waals surface area contributed by atoms with Crippen molar-refractivity contribution in [3.63, 3.8) is 0 Å². The van der Waals surface area contributed by atoms with E-state index in [-0.39, 0.29) is 5.97 Å². The Hall–Kier alpha value is -0.650. The number of esters is 1. The van der Waals surface area contributed by atoms with Crippen molar-refractivity contribution in [1.29, 1.82) is 0 Å². The van der Waals surface area contributed by atoms with Gasteiger partial charge in [-0.05, 0) is 59.5 Å². The zero-order valence-corrected chi connectivity index (χ0v) is 14.1. The van der Waals surface area contributed by atoms with Gasteiger partial charge in [-0.25, -0.2) is 0 Å². The molecule has 1 fully saturated rings. The Morgan fingerprint density at radius 3 is 2.52 bits per heavy atom. The largest absolute Gasteiger partial charge is 0.465 e. The lowest BCUT2D eigenvalue weighted by Gasteiger charge is -2.31. The molecule has 0 aliphatic carbocycles. The number of hydrogen-bond donors (Lipinski definition) is 1. The summed E-state index contributed by atoms with van der Waals surface area (Å²) in [6.45, 7) is 7.57. The van der Waals surface area contributed by atoms with Gasteiger partial charge in [-0.3, -0.25) is 4.79 Å². The number of rotatable bonds is 9. The van der Waals surface area contributed by atoms with E-state index in [2.05, 4.69) is 10.2 Å². The van der Waals surface area contributed by atoms with Gasteiger partial charge in [0.2, 0.25) is 0 Å². The van der Waals surface area contributed by atoms with Crippen LogP contribution in [-0.4, -0.2) is 62.9 Å². The van der Waals surface area contributed by atoms with Gasteiger partial charge in [0.1, 0.15) is 5.54 Å². The molecule has 0 spiro atoms. The molecule has 1 rings (SSSR count). The molecule has 1 N–H and O–H groups in total. The van der Waals surface area contributed by atoms with Gasteiger partial charge < -0.3 is 19.7 Å². The molecule has 0 aromatic heterocycles. The molecular weight excluding hydrogens is 268 g/mol. The van der Waals surface area contributed by atoms with Crippen molar-refractivity contribution in [2.45, 2.75) is 57.6 Å². The van der Waals surface area contributed by atoms with Crippen molar-refractivity contribution < 1.29 is 14.3 Å². The Balaban J connectivity index is 2.22. The number of likely N-dealkylation sites (tertiary alicyclic amines) is 1. The Bertz CT molecular complexity index is 304. The zero-order chi connectivity index (χ0) is 15.7. The van der Waals surface area contributed by atoms with Gasteiger partial charge in [-0.1, -0.05) is 0 Å². The summed E-state index contributed by atoms with van der Waals surface area (Å²) >= 11 is 0. The summed E-state index contributed by atoms with van der Waals surface area (Å²) in [5.41, 5.74) is -0.556. The average Bonchev–Trinajstić information content (AvgIpc) is 2.52. The van der Waals surface area contributed by atoms with Crippen LogP contribution in [0.3, 0.4) is 0 Å². The monoisotopic (exact) mass is 300 g/mol. The molecule has 0 saturated carbocycles. The average molecular weight is 300 g/mol. The molecule has 0 bridgehead atoms. The number of nitrogens with zero attached hydrogens (tertiary/aromatic N) is 1. The highest BCUT2D eigenvalue weighted by Crippen LogP contribution is 2.17. The third-order valence-corrected chi connectivity index (χ3v) is 4.55. The quantitative estimate of drug-likeness (QED) is 0.520. The second-order valence-corrected chi connectivity index (χ2v) is 6.04. The molecule has 5 nitrogen and oxygen atoms in total. The highest BCUT2D eigenvalue weighted by molar-refractivity contribution is 5.80. The van der Waals surface area contributed by atoms with Crippen LogP contribution >= 0.6 is 0 Å². The molecule has 0 radical (unpaired) electrons. The van der Waals surface area contributed by atoms with Crippen molar-refractivity contribution in [2.75, 3.05) is 40.4 Å². The second kappa shape index (κ2) is 9.38. The van der Waals surface area contributed by atoms with Gasteiger partial charge in [0.05, 0.1) is 12.7 Å². The van der Waals surface area contributed by atoms with Crippen LogP contribution in [0.15, 0.2) is 0 Å². The smallest absolute Gasteiger partial charge is 0.326 e. The highest BCUT2D eigenvalue weighted by Gasteiger charge is 2.32. The first-order chi connectivity index (χ1) is 10.1. The Morgan fingerprint density at radius 1 is 1.33 bits per heavy atom. The molecule has 5 heteroatoms. The van der Waals surface area contributed by atoms with Crippen molar-refractivity contribution >= 4 is 5.97 Å². The van der Waals surface area contributed by atoms with Crippen LogP contribution in [0.2, 0.25) is 0 Å². The summed E-state index contributed by atoms with van der Waals surface area (Å²) < 4.78 is 10.5. The van der Waals surface area contributed by atoms with E-state index < -0.39 is 5.54 Å². The minimum atomic E-state index is -0.556. The van der Waals surface area contributed by atoms with Gasteiger partial charge in [-0.2, -0.15) is 0 Å². The SMILES string of the molecule is CCOC(=O)C(C)(CCCCN1CCC(OC)CC1)NC. The lowest BCUT2D eigenvalue weighted by molar-refractivity contribution is -0.150. The fourth-order valence-corrected chi connectivity index (χ4v) is 2.80. The first-order valence-electron chi connectivity index (χ1n) is 8.17. The summed E-state index contributed by atoms with van der Waals surface area (Å²) in [5, 5.41) is 3.11. The molecule has 21 heavy (non-hydrogen) atoms. The normalized spacial score (nSPS) is 20.2. The highest BCUT2D eigenvalue weighted by atomic mass is 16.5. The van der Waals surface area contributed by atoms with Crippen molar-refractivity contribution in [2.24, 2.45) is 0 Å². The maximum atomic E-state index is 12.0. The lowest BCUT2D eigenvalue weighted by atomic mass is 9.95. The Morgan fingerprint density at radius 2 is 2.00 bits per heavy atom. The number of piperidine rings is 1. The zero-order valence-electron chi connectivity index (χ0n) is 14.1. The third kappa shape index (κ3) is 5.93. The topological polar surface area (TPSA) is 50.8 Å². The Kier molecular flexibility index (Phi) is 8.22. The maximum Gasteiger partial charge on any atom is 0.326 e. The van der Waals surface area contributed by atoms with E-state index in [0.717, 1.165) is 51.7 Å². The third-order valence-electron chi connectivity index (χ3n) is 4.55. The van der Waals surface area contributed by atoms with Crippen LogP contribution in [0.1, 0.15) is 46.0 Å². The van der Waals surface area contributed by atoms with Crippen LogP contribution in [0.5, 0.6) is 0 Å². The van der Waals surface area contributed by atoms with Crippen molar-refractivity contribution in [1.82, 2.24) is 10.2 Å². The van der Waals surface area contributed by atoms with Crippen LogP contribution in [-0.2, 0) is 14.3 Å². The number of nitrogens with one attached hydrogen (secondary N) is 1. The molecule has 0 aromatic carbocycles. The maximum absolute atomic E-state index is 12.0. The summed E-state index contributed by atoms with van der Waals surface area (Å²) in [6, 6.07) is 0. The molecule has 0 amide bonds. The molecule has 1 atom stereocenters. The second-order valence-electron chi connectivity index (χ2n) is 6.04. The molecular formula is C16H32N2O3. The first kappa shape index (κ1) is 18.4. The predicted octanol–water partition coefficient (Wildman–Crippen LogP) is 1.81. The summed E-state index contributed by atoms with van der Waals surface area (Å²) in [4.78, 5) is 14.4. The number of unbranched alkanes of at least 4 members (excludes halogenated alkanes) is 1. The van der Waals surface area contributed by atoms with Crippen molar-refractivity contribution in [3.8, 4) is 0 Å². The van der Waals surface area contributed by atoms with E-state index in [9.17, 15) is 4.79 Å². The minimum Gasteiger partial charge on any atom is -0.465 e. The van der Waals surface area contributed by atoms with Gasteiger partial charge in [-0.15, -0.1) is 0 Å². The van der Waals surface area contributed by atoms with Gasteiger partial charge in [0.15, 0.2) is 0 Å². The van der Waals surface area contributed by atoms with Gasteiger partial charge in [0.25, 0.3) is 0 Å². The molecule has 1 aliphatic heterocycles. The fourth-order valence-electron chi connectivity index (χ4n) is 2.80. The standard InChI is InChI=1S/C16H32N2O3/c1-5-21-15(19)16(2,17-3)10-6-7-11-18-12-8-14(20-4)9-13-18/h14,17H,5-13H2,1-4H3. The number of ether oxygens (including phenoxy) is 2. The van der Waals surface area contributed by atoms with Gasteiger partial charge in [0, 0.05) is 20.2 Å². The molecule has 1 heterocycles. The molecule has 1 aliphatic rings. The predicted molar refractivity (Wildman–Crippen MR) is 84.4 cm³/mol. The number of carbonyl (C=O) groups excluding carboxylic acids is 1. The van der Waals surface area contributed by atoms with E-state index >= 15 is 0 Å². The lowest BCUT2D eigenvalue weighted by Crippen LogP contribution is -2.48. The Labute approximate surface area is 129 Å². The molecule has 1 saturated heterocycles. The number of carbonyl (C=O) groups is 1. The van der Waals surface area contributed by atoms with E-state index in [1.165, 1.54) is 0 Å². The molecule has 1 unspecified atom stereocenters. The van der Waals surface area contributed by atoms with E-state index in [4.69, 9.17) is 9.47 Å².